The average Bonchev–Trinajstić information content (AvgIpc) is 1.61. The average molecular weight is 117 g/mol. The van der Waals surface area contributed by atoms with Crippen LogP contribution in [0, 0.1) is 0 Å². The Labute approximate surface area is 43.9 Å². The predicted octanol–water partition coefficient (Wildman–Crippen LogP) is -1.87. The molecule has 3 heteroatoms. The fourth-order valence-electron chi connectivity index (χ4n) is 0.246. The lowest BCUT2D eigenvalue weighted by Gasteiger charge is -1.87. The van der Waals surface area contributed by atoms with Gasteiger partial charge < -0.3 is 4.98 Å². The van der Waals surface area contributed by atoms with Crippen LogP contribution >= 0.6 is 0 Å². The van der Waals surface area contributed by atoms with Gasteiger partial charge >= 0.3 is 0 Å². The van der Waals surface area contributed by atoms with Gasteiger partial charge in [-0.25, -0.2) is 0 Å². The van der Waals surface area contributed by atoms with E-state index in [1.54, 1.807) is 0 Å². The maximum absolute atomic E-state index is 3.57. The van der Waals surface area contributed by atoms with E-state index in [0.717, 1.165) is 6.54 Å². The van der Waals surface area contributed by atoms with E-state index >= 15 is 0 Å². The summed E-state index contributed by atoms with van der Waals surface area (Å²) >= 11 is 0. The van der Waals surface area contributed by atoms with E-state index in [0.29, 0.717) is 0 Å². The molecule has 1 nitrogen and oxygen atoms in total. The molecular weight excluding hydrogens is 106 g/mol. The highest BCUT2D eigenvalue weighted by Gasteiger charge is 1.68. The molecule has 0 aliphatic carbocycles. The van der Waals surface area contributed by atoms with Crippen LogP contribution in [0.5, 0.6) is 0 Å². The summed E-state index contributed by atoms with van der Waals surface area (Å²) in [5, 5.41) is 0. The van der Waals surface area contributed by atoms with Gasteiger partial charge in [0.15, 0.2) is 0 Å². The Morgan fingerprint density at radius 1 is 2.00 bits per heavy atom. The molecule has 0 saturated heterocycles. The quantitative estimate of drug-likeness (QED) is 0.259. The Kier molecular flexibility index (Phi) is 5.25. The van der Waals surface area contributed by atoms with Crippen LogP contribution in [0.15, 0.2) is 12.7 Å². The third-order valence-corrected chi connectivity index (χ3v) is 2.83. The fourth-order valence-corrected chi connectivity index (χ4v) is 1.61. The van der Waals surface area contributed by atoms with Gasteiger partial charge in [0, 0.05) is 16.3 Å². The Hall–Kier alpha value is 0.134. The van der Waals surface area contributed by atoms with Gasteiger partial charge in [0.25, 0.3) is 0 Å². The van der Waals surface area contributed by atoms with Crippen LogP contribution in [0.25, 0.3) is 0 Å². The summed E-state index contributed by atoms with van der Waals surface area (Å²) in [6.07, 6.45) is 1.91. The van der Waals surface area contributed by atoms with Crippen molar-refractivity contribution in [2.45, 2.75) is 0 Å². The molecule has 0 aromatic heterocycles. The molecule has 0 saturated carbocycles. The van der Waals surface area contributed by atoms with Crippen molar-refractivity contribution in [2.24, 2.45) is 0 Å². The van der Waals surface area contributed by atoms with E-state index in [9.17, 15) is 0 Å². The highest BCUT2D eigenvalue weighted by molar-refractivity contribution is 6.87. The second kappa shape index (κ2) is 5.13. The van der Waals surface area contributed by atoms with E-state index < -0.39 is 0 Å². The zero-order valence-electron chi connectivity index (χ0n) is 4.20. The van der Waals surface area contributed by atoms with Gasteiger partial charge in [-0.1, -0.05) is 6.08 Å². The minimum absolute atomic E-state index is 0.221. The standard InChI is InChI=1S/C3H11NSi2/c1-2-3-4-6-5/h2,4H,1,3,6H2,5H3. The topological polar surface area (TPSA) is 12.0 Å². The molecule has 6 heavy (non-hydrogen) atoms. The van der Waals surface area contributed by atoms with Gasteiger partial charge in [-0.15, -0.1) is 6.58 Å². The highest BCUT2D eigenvalue weighted by atomic mass is 29.1. The second-order valence-corrected chi connectivity index (χ2v) is 4.42. The molecule has 0 bridgehead atoms. The van der Waals surface area contributed by atoms with Crippen molar-refractivity contribution in [2.75, 3.05) is 6.54 Å². The van der Waals surface area contributed by atoms with Crippen molar-refractivity contribution >= 4 is 19.0 Å². The minimum atomic E-state index is 0.221. The second-order valence-electron chi connectivity index (χ2n) is 1.10. The van der Waals surface area contributed by atoms with Crippen molar-refractivity contribution < 1.29 is 0 Å². The Morgan fingerprint density at radius 2 is 2.67 bits per heavy atom. The molecule has 0 spiro atoms. The van der Waals surface area contributed by atoms with Gasteiger partial charge in [0.1, 0.15) is 0 Å². The Morgan fingerprint density at radius 3 is 2.83 bits per heavy atom. The number of hydrogen-bond acceptors (Lipinski definition) is 1. The third kappa shape index (κ3) is 4.13. The van der Waals surface area contributed by atoms with Crippen molar-refractivity contribution in [3.05, 3.63) is 12.7 Å². The molecule has 0 atom stereocenters. The lowest BCUT2D eigenvalue weighted by atomic mass is 10.7. The predicted molar refractivity (Wildman–Crippen MR) is 36.7 cm³/mol. The van der Waals surface area contributed by atoms with E-state index in [2.05, 4.69) is 11.6 Å². The maximum atomic E-state index is 3.57. The van der Waals surface area contributed by atoms with Crippen LogP contribution in [0.1, 0.15) is 0 Å². The minimum Gasteiger partial charge on any atom is -0.342 e. The van der Waals surface area contributed by atoms with Gasteiger partial charge in [-0.2, -0.15) is 0 Å². The summed E-state index contributed by atoms with van der Waals surface area (Å²) in [5.41, 5.74) is 0. The smallest absolute Gasteiger partial charge is 0.0725 e. The van der Waals surface area contributed by atoms with Crippen LogP contribution in [-0.4, -0.2) is 25.5 Å². The van der Waals surface area contributed by atoms with Crippen molar-refractivity contribution in [3.8, 4) is 0 Å². The first kappa shape index (κ1) is 6.13. The molecule has 0 aliphatic rings. The molecule has 0 aliphatic heterocycles. The SMILES string of the molecule is C=CCN[SiH2][SiH3]. The molecule has 0 heterocycles. The largest absolute Gasteiger partial charge is 0.342 e. The van der Waals surface area contributed by atoms with Gasteiger partial charge in [-0.3, -0.25) is 0 Å². The van der Waals surface area contributed by atoms with Gasteiger partial charge in [0.05, 0.1) is 9.20 Å². The van der Waals surface area contributed by atoms with E-state index in [-0.39, 0.29) is 9.20 Å². The first-order valence-corrected chi connectivity index (χ1v) is 8.59. The van der Waals surface area contributed by atoms with Crippen molar-refractivity contribution in [1.29, 1.82) is 0 Å². The van der Waals surface area contributed by atoms with Crippen molar-refractivity contribution in [3.63, 3.8) is 0 Å². The maximum Gasteiger partial charge on any atom is 0.0725 e. The summed E-state index contributed by atoms with van der Waals surface area (Å²) in [6, 6.07) is 0. The van der Waals surface area contributed by atoms with Gasteiger partial charge in [-0.05, 0) is 0 Å². The molecular formula is C3H11NSi2. The molecule has 0 aromatic rings. The fraction of sp³-hybridized carbons (Fsp3) is 0.333. The molecule has 0 unspecified atom stereocenters. The molecule has 0 rings (SSSR count). The first-order valence-electron chi connectivity index (χ1n) is 2.23. The Bertz CT molecular complexity index is 37.8. The summed E-state index contributed by atoms with van der Waals surface area (Å²) < 4.78 is 0. The summed E-state index contributed by atoms with van der Waals surface area (Å²) in [7, 11) is 1.60. The molecule has 0 fully saturated rings. The number of hydrogen-bond donors (Lipinski definition) is 1. The highest BCUT2D eigenvalue weighted by Crippen LogP contribution is 1.50. The molecule has 36 valence electrons. The summed E-state index contributed by atoms with van der Waals surface area (Å²) in [6.45, 7) is 4.60. The van der Waals surface area contributed by atoms with Crippen LogP contribution in [0.4, 0.5) is 0 Å². The number of nitrogens with one attached hydrogen (secondary N) is 1. The zero-order chi connectivity index (χ0) is 4.83. The summed E-state index contributed by atoms with van der Waals surface area (Å²) in [5.74, 6) is 0. The van der Waals surface area contributed by atoms with Crippen LogP contribution in [0.3, 0.4) is 0 Å². The van der Waals surface area contributed by atoms with Gasteiger partial charge in [0.2, 0.25) is 0 Å². The summed E-state index contributed by atoms with van der Waals surface area (Å²) in [4.78, 5) is 3.28. The van der Waals surface area contributed by atoms with E-state index in [1.165, 1.54) is 9.76 Å². The molecule has 0 aromatic carbocycles. The number of rotatable bonds is 3. The van der Waals surface area contributed by atoms with Crippen LogP contribution < -0.4 is 4.98 Å². The lowest BCUT2D eigenvalue weighted by molar-refractivity contribution is 1.11. The molecule has 0 radical (unpaired) electrons. The molecule has 0 amide bonds. The Balaban J connectivity index is 2.49. The lowest BCUT2D eigenvalue weighted by Crippen LogP contribution is -2.18. The first-order chi connectivity index (χ1) is 2.91. The van der Waals surface area contributed by atoms with Crippen LogP contribution in [0.2, 0.25) is 0 Å². The van der Waals surface area contributed by atoms with Crippen molar-refractivity contribution in [1.82, 2.24) is 4.98 Å². The van der Waals surface area contributed by atoms with E-state index in [4.69, 9.17) is 0 Å². The van der Waals surface area contributed by atoms with Crippen LogP contribution in [-0.2, 0) is 0 Å². The monoisotopic (exact) mass is 117 g/mol. The molecule has 1 N–H and O–H groups in total. The third-order valence-electron chi connectivity index (χ3n) is 0.539. The zero-order valence-corrected chi connectivity index (χ0v) is 7.61. The normalized spacial score (nSPS) is 10.7. The van der Waals surface area contributed by atoms with E-state index in [1.807, 2.05) is 6.08 Å².